The number of hydrogen-bond acceptors (Lipinski definition) is 5. The first-order valence-corrected chi connectivity index (χ1v) is 8.10. The molecule has 0 bridgehead atoms. The lowest BCUT2D eigenvalue weighted by Gasteiger charge is -2.37. The minimum Gasteiger partial charge on any atom is -0.394 e. The summed E-state index contributed by atoms with van der Waals surface area (Å²) in [5.74, 6) is 0. The maximum absolute atomic E-state index is 10.3. The first-order valence-electron chi connectivity index (χ1n) is 6.55. The summed E-state index contributed by atoms with van der Waals surface area (Å²) in [5, 5.41) is 30.3. The molecule has 120 valence electrons. The monoisotopic (exact) mass is 410 g/mol. The molecule has 0 aliphatic carbocycles. The van der Waals surface area contributed by atoms with E-state index in [1.165, 1.54) is 0 Å². The molecule has 9 heteroatoms. The highest BCUT2D eigenvalue weighted by Gasteiger charge is 2.40. The zero-order valence-electron chi connectivity index (χ0n) is 11.2. The minimum atomic E-state index is -1.20. The molecule has 0 spiro atoms. The second-order valence-corrected chi connectivity index (χ2v) is 6.63. The average molecular weight is 412 g/mol. The Bertz CT molecular complexity index is 711. The maximum atomic E-state index is 10.3. The summed E-state index contributed by atoms with van der Waals surface area (Å²) in [6.07, 6.45) is -3.12. The molecule has 22 heavy (non-hydrogen) atoms. The molecule has 4 unspecified atom stereocenters. The molecule has 4 atom stereocenters. The third-order valence-electron chi connectivity index (χ3n) is 3.81. The van der Waals surface area contributed by atoms with Crippen molar-refractivity contribution in [3.05, 3.63) is 26.9 Å². The summed E-state index contributed by atoms with van der Waals surface area (Å²) in [5.41, 5.74) is 1.26. The van der Waals surface area contributed by atoms with E-state index in [2.05, 4.69) is 20.9 Å². The van der Waals surface area contributed by atoms with E-state index in [-0.39, 0.29) is 13.2 Å². The molecule has 3 N–H and O–H groups in total. The van der Waals surface area contributed by atoms with Crippen molar-refractivity contribution in [2.24, 2.45) is 0 Å². The zero-order valence-corrected chi connectivity index (χ0v) is 14.3. The molecule has 1 aromatic heterocycles. The van der Waals surface area contributed by atoms with Gasteiger partial charge in [-0.3, -0.25) is 0 Å². The molecule has 2 heterocycles. The lowest BCUT2D eigenvalue weighted by Crippen LogP contribution is -2.52. The van der Waals surface area contributed by atoms with Gasteiger partial charge in [0.2, 0.25) is 0 Å². The fourth-order valence-corrected chi connectivity index (χ4v) is 3.59. The van der Waals surface area contributed by atoms with Crippen LogP contribution < -0.4 is 0 Å². The number of fused-ring (bicyclic) bond motifs is 1. The van der Waals surface area contributed by atoms with Gasteiger partial charge in [0, 0.05) is 0 Å². The van der Waals surface area contributed by atoms with Crippen molar-refractivity contribution >= 4 is 50.2 Å². The van der Waals surface area contributed by atoms with E-state index < -0.39 is 24.4 Å². The first-order chi connectivity index (χ1) is 10.4. The highest BCUT2D eigenvalue weighted by Crippen LogP contribution is 2.35. The molecule has 0 radical (unpaired) electrons. The third kappa shape index (κ3) is 2.65. The molecule has 6 nitrogen and oxygen atoms in total. The number of halogens is 3. The summed E-state index contributed by atoms with van der Waals surface area (Å²) in [4.78, 5) is 4.33. The van der Waals surface area contributed by atoms with Crippen LogP contribution in [0.4, 0.5) is 0 Å². The van der Waals surface area contributed by atoms with Crippen LogP contribution in [0.2, 0.25) is 10.0 Å². The fourth-order valence-electron chi connectivity index (χ4n) is 2.63. The van der Waals surface area contributed by atoms with Crippen LogP contribution in [-0.4, -0.2) is 56.4 Å². The van der Waals surface area contributed by atoms with E-state index in [0.29, 0.717) is 25.8 Å². The molecule has 0 saturated carbocycles. The molecule has 2 aromatic rings. The van der Waals surface area contributed by atoms with Gasteiger partial charge >= 0.3 is 0 Å². The highest BCUT2D eigenvalue weighted by atomic mass is 79.9. The van der Waals surface area contributed by atoms with Crippen molar-refractivity contribution in [1.82, 2.24) is 9.55 Å². The Morgan fingerprint density at radius 2 is 1.95 bits per heavy atom. The van der Waals surface area contributed by atoms with E-state index in [0.717, 1.165) is 0 Å². The van der Waals surface area contributed by atoms with E-state index >= 15 is 0 Å². The topological polar surface area (TPSA) is 87.7 Å². The first kappa shape index (κ1) is 16.4. The zero-order chi connectivity index (χ0) is 16.0. The van der Waals surface area contributed by atoms with Crippen molar-refractivity contribution < 1.29 is 20.1 Å². The third-order valence-corrected chi connectivity index (χ3v) is 5.09. The second-order valence-electron chi connectivity index (χ2n) is 5.11. The molecule has 3 rings (SSSR count). The van der Waals surface area contributed by atoms with Gasteiger partial charge in [0.25, 0.3) is 0 Å². The van der Waals surface area contributed by atoms with Crippen LogP contribution in [0.15, 0.2) is 16.9 Å². The fraction of sp³-hybridized carbons (Fsp3) is 0.462. The Kier molecular flexibility index (Phi) is 4.66. The van der Waals surface area contributed by atoms with Crippen LogP contribution in [0, 0.1) is 0 Å². The standard InChI is InChI=1S/C13H13BrCl2N2O4/c14-13-17-7-1-5(15)6(16)2-8(7)18(13)9-4-22-10(3-19)12(21)11(9)20/h1-2,9-12,19-21H,3-4H2. The van der Waals surface area contributed by atoms with Crippen LogP contribution >= 0.6 is 39.1 Å². The summed E-state index contributed by atoms with van der Waals surface area (Å²) < 4.78 is 7.57. The Labute approximate surface area is 144 Å². The normalized spacial score (nSPS) is 29.2. The van der Waals surface area contributed by atoms with Crippen molar-refractivity contribution in [1.29, 1.82) is 0 Å². The minimum absolute atomic E-state index is 0.119. The predicted molar refractivity (Wildman–Crippen MR) is 85.3 cm³/mol. The number of aromatic nitrogens is 2. The SMILES string of the molecule is OCC1OCC(n2c(Br)nc3cc(Cl)c(Cl)cc32)C(O)C1O. The number of ether oxygens (including phenoxy) is 1. The van der Waals surface area contributed by atoms with Crippen LogP contribution in [0.1, 0.15) is 6.04 Å². The quantitative estimate of drug-likeness (QED) is 0.700. The Morgan fingerprint density at radius 3 is 2.64 bits per heavy atom. The number of aliphatic hydroxyl groups excluding tert-OH is 3. The average Bonchev–Trinajstić information content (AvgIpc) is 2.78. The second kappa shape index (κ2) is 6.24. The van der Waals surface area contributed by atoms with Crippen LogP contribution in [0.25, 0.3) is 11.0 Å². The highest BCUT2D eigenvalue weighted by molar-refractivity contribution is 9.10. The molecule has 1 saturated heterocycles. The Morgan fingerprint density at radius 1 is 1.27 bits per heavy atom. The van der Waals surface area contributed by atoms with Crippen LogP contribution in [0.5, 0.6) is 0 Å². The molecule has 1 aliphatic heterocycles. The van der Waals surface area contributed by atoms with Gasteiger partial charge in [0.1, 0.15) is 18.3 Å². The summed E-state index contributed by atoms with van der Waals surface area (Å²) in [6.45, 7) is -0.244. The van der Waals surface area contributed by atoms with Gasteiger partial charge in [0.05, 0.1) is 40.3 Å². The van der Waals surface area contributed by atoms with E-state index in [9.17, 15) is 10.2 Å². The summed E-state index contributed by atoms with van der Waals surface area (Å²) >= 11 is 15.4. The van der Waals surface area contributed by atoms with Gasteiger partial charge < -0.3 is 24.6 Å². The lowest BCUT2D eigenvalue weighted by atomic mass is 9.98. The van der Waals surface area contributed by atoms with Gasteiger partial charge in [-0.1, -0.05) is 23.2 Å². The van der Waals surface area contributed by atoms with Crippen LogP contribution in [0.3, 0.4) is 0 Å². The Balaban J connectivity index is 2.06. The molecule has 0 amide bonds. The van der Waals surface area contributed by atoms with Gasteiger partial charge in [0.15, 0.2) is 4.73 Å². The molecule has 1 aliphatic rings. The summed E-state index contributed by atoms with van der Waals surface area (Å²) in [6, 6.07) is 2.70. The van der Waals surface area contributed by atoms with Crippen molar-refractivity contribution in [3.8, 4) is 0 Å². The predicted octanol–water partition coefficient (Wildman–Crippen LogP) is 1.76. The van der Waals surface area contributed by atoms with Crippen molar-refractivity contribution in [3.63, 3.8) is 0 Å². The molecular weight excluding hydrogens is 399 g/mol. The number of hydrogen-bond donors (Lipinski definition) is 3. The van der Waals surface area contributed by atoms with Crippen molar-refractivity contribution in [2.75, 3.05) is 13.2 Å². The number of rotatable bonds is 2. The lowest BCUT2D eigenvalue weighted by molar-refractivity contribution is -0.169. The maximum Gasteiger partial charge on any atom is 0.178 e. The summed E-state index contributed by atoms with van der Waals surface area (Å²) in [7, 11) is 0. The van der Waals surface area contributed by atoms with E-state index in [1.54, 1.807) is 16.7 Å². The van der Waals surface area contributed by atoms with Gasteiger partial charge in [-0.15, -0.1) is 0 Å². The van der Waals surface area contributed by atoms with Crippen molar-refractivity contribution in [2.45, 2.75) is 24.4 Å². The number of benzene rings is 1. The largest absolute Gasteiger partial charge is 0.394 e. The van der Waals surface area contributed by atoms with Gasteiger partial charge in [-0.25, -0.2) is 4.98 Å². The van der Waals surface area contributed by atoms with E-state index in [4.69, 9.17) is 33.0 Å². The number of aliphatic hydroxyl groups is 3. The van der Waals surface area contributed by atoms with E-state index in [1.807, 2.05) is 0 Å². The number of imidazole rings is 1. The van der Waals surface area contributed by atoms with Gasteiger partial charge in [-0.2, -0.15) is 0 Å². The number of nitrogens with zero attached hydrogens (tertiary/aromatic N) is 2. The molecule has 1 fully saturated rings. The molecule has 1 aromatic carbocycles. The van der Waals surface area contributed by atoms with Gasteiger partial charge in [-0.05, 0) is 28.1 Å². The Hall–Kier alpha value is -0.410. The smallest absolute Gasteiger partial charge is 0.178 e. The van der Waals surface area contributed by atoms with Crippen LogP contribution in [-0.2, 0) is 4.74 Å². The molecular formula is C13H13BrCl2N2O4.